The summed E-state index contributed by atoms with van der Waals surface area (Å²) in [5.41, 5.74) is 0. The number of methoxy groups -OCH3 is 1. The van der Waals surface area contributed by atoms with Crippen molar-refractivity contribution in [3.8, 4) is 0 Å². The summed E-state index contributed by atoms with van der Waals surface area (Å²) in [5.74, 6) is 1.67. The van der Waals surface area contributed by atoms with E-state index in [-0.39, 0.29) is 0 Å². The van der Waals surface area contributed by atoms with Crippen LogP contribution in [0.2, 0.25) is 0 Å². The Morgan fingerprint density at radius 2 is 2.00 bits per heavy atom. The Kier molecular flexibility index (Phi) is 6.75. The van der Waals surface area contributed by atoms with Crippen LogP contribution in [0, 0.1) is 11.8 Å². The normalized spacial score (nSPS) is 28.2. The minimum absolute atomic E-state index is 0.652. The molecule has 118 valence electrons. The molecule has 20 heavy (non-hydrogen) atoms. The highest BCUT2D eigenvalue weighted by atomic mass is 16.5. The second-order valence-electron chi connectivity index (χ2n) is 6.62. The van der Waals surface area contributed by atoms with Gasteiger partial charge in [0.2, 0.25) is 0 Å². The summed E-state index contributed by atoms with van der Waals surface area (Å²) in [5, 5.41) is 3.75. The van der Waals surface area contributed by atoms with E-state index in [9.17, 15) is 0 Å². The van der Waals surface area contributed by atoms with E-state index in [1.54, 1.807) is 7.11 Å². The van der Waals surface area contributed by atoms with Crippen molar-refractivity contribution in [2.45, 2.75) is 45.2 Å². The molecular formula is C16H32N2O2. The lowest BCUT2D eigenvalue weighted by Gasteiger charge is -2.42. The van der Waals surface area contributed by atoms with E-state index in [4.69, 9.17) is 9.47 Å². The standard InChI is InChI=1S/C16H32N2O2/c1-13(2)15-12-18(7-4-8-20-10-9-19-3)16(11-17-15)14-5-6-14/h13-17H,4-12H2,1-3H3. The van der Waals surface area contributed by atoms with Crippen molar-refractivity contribution in [3.05, 3.63) is 0 Å². The highest BCUT2D eigenvalue weighted by molar-refractivity contribution is 4.95. The molecule has 0 spiro atoms. The van der Waals surface area contributed by atoms with E-state index in [2.05, 4.69) is 24.1 Å². The molecule has 1 aliphatic heterocycles. The van der Waals surface area contributed by atoms with E-state index >= 15 is 0 Å². The van der Waals surface area contributed by atoms with E-state index in [0.717, 1.165) is 37.5 Å². The van der Waals surface area contributed by atoms with Crippen molar-refractivity contribution in [2.75, 3.05) is 46.6 Å². The zero-order chi connectivity index (χ0) is 14.4. The predicted molar refractivity (Wildman–Crippen MR) is 82.0 cm³/mol. The molecule has 0 aromatic rings. The van der Waals surface area contributed by atoms with Gasteiger partial charge in [0.25, 0.3) is 0 Å². The summed E-state index contributed by atoms with van der Waals surface area (Å²) < 4.78 is 10.6. The Hall–Kier alpha value is -0.160. The molecule has 0 amide bonds. The smallest absolute Gasteiger partial charge is 0.0700 e. The molecule has 1 saturated carbocycles. The van der Waals surface area contributed by atoms with E-state index in [1.165, 1.54) is 32.5 Å². The molecule has 0 aromatic heterocycles. The lowest BCUT2D eigenvalue weighted by molar-refractivity contribution is 0.0527. The Balaban J connectivity index is 1.70. The first-order valence-electron chi connectivity index (χ1n) is 8.26. The zero-order valence-electron chi connectivity index (χ0n) is 13.4. The van der Waals surface area contributed by atoms with Crippen LogP contribution >= 0.6 is 0 Å². The maximum atomic E-state index is 5.58. The van der Waals surface area contributed by atoms with Crippen LogP contribution in [0.1, 0.15) is 33.1 Å². The number of ether oxygens (including phenoxy) is 2. The van der Waals surface area contributed by atoms with Crippen LogP contribution < -0.4 is 5.32 Å². The molecule has 1 aliphatic carbocycles. The van der Waals surface area contributed by atoms with Gasteiger partial charge in [-0.1, -0.05) is 13.8 Å². The number of nitrogens with one attached hydrogen (secondary N) is 1. The number of nitrogens with zero attached hydrogens (tertiary/aromatic N) is 1. The van der Waals surface area contributed by atoms with Gasteiger partial charge in [-0.2, -0.15) is 0 Å². The first-order chi connectivity index (χ1) is 9.72. The van der Waals surface area contributed by atoms with Gasteiger partial charge in [-0.3, -0.25) is 4.90 Å². The lowest BCUT2D eigenvalue weighted by Crippen LogP contribution is -2.59. The third-order valence-corrected chi connectivity index (χ3v) is 4.63. The largest absolute Gasteiger partial charge is 0.382 e. The average Bonchev–Trinajstić information content (AvgIpc) is 3.27. The van der Waals surface area contributed by atoms with Crippen LogP contribution in [0.3, 0.4) is 0 Å². The molecule has 2 rings (SSSR count). The fraction of sp³-hybridized carbons (Fsp3) is 1.00. The van der Waals surface area contributed by atoms with Crippen LogP contribution in [0.15, 0.2) is 0 Å². The maximum absolute atomic E-state index is 5.58. The zero-order valence-corrected chi connectivity index (χ0v) is 13.4. The average molecular weight is 284 g/mol. The van der Waals surface area contributed by atoms with Crippen molar-refractivity contribution in [1.82, 2.24) is 10.2 Å². The van der Waals surface area contributed by atoms with Crippen molar-refractivity contribution >= 4 is 0 Å². The molecule has 2 aliphatic rings. The van der Waals surface area contributed by atoms with Gasteiger partial charge in [0.15, 0.2) is 0 Å². The minimum atomic E-state index is 0.652. The first kappa shape index (κ1) is 16.2. The lowest BCUT2D eigenvalue weighted by atomic mass is 9.97. The van der Waals surface area contributed by atoms with Crippen molar-refractivity contribution in [3.63, 3.8) is 0 Å². The number of piperazine rings is 1. The molecule has 0 bridgehead atoms. The van der Waals surface area contributed by atoms with Crippen LogP contribution in [0.25, 0.3) is 0 Å². The molecule has 0 radical (unpaired) electrons. The third kappa shape index (κ3) is 4.99. The Bertz CT molecular complexity index is 269. The summed E-state index contributed by atoms with van der Waals surface area (Å²) in [4.78, 5) is 2.72. The van der Waals surface area contributed by atoms with Gasteiger partial charge >= 0.3 is 0 Å². The van der Waals surface area contributed by atoms with E-state index in [1.807, 2.05) is 0 Å². The molecule has 1 heterocycles. The first-order valence-corrected chi connectivity index (χ1v) is 8.26. The van der Waals surface area contributed by atoms with Crippen LogP contribution in [-0.4, -0.2) is 63.5 Å². The number of hydrogen-bond acceptors (Lipinski definition) is 4. The fourth-order valence-corrected chi connectivity index (χ4v) is 3.12. The van der Waals surface area contributed by atoms with Crippen molar-refractivity contribution < 1.29 is 9.47 Å². The molecule has 4 heteroatoms. The van der Waals surface area contributed by atoms with Gasteiger partial charge in [-0.05, 0) is 31.1 Å². The Morgan fingerprint density at radius 1 is 1.20 bits per heavy atom. The second kappa shape index (κ2) is 8.32. The maximum Gasteiger partial charge on any atom is 0.0700 e. The van der Waals surface area contributed by atoms with Gasteiger partial charge < -0.3 is 14.8 Å². The quantitative estimate of drug-likeness (QED) is 0.654. The highest BCUT2D eigenvalue weighted by Crippen LogP contribution is 2.36. The predicted octanol–water partition coefficient (Wildman–Crippen LogP) is 1.75. The second-order valence-corrected chi connectivity index (χ2v) is 6.62. The molecular weight excluding hydrogens is 252 g/mol. The molecule has 0 aromatic carbocycles. The summed E-state index contributed by atoms with van der Waals surface area (Å²) in [6, 6.07) is 1.42. The summed E-state index contributed by atoms with van der Waals surface area (Å²) in [6.07, 6.45) is 4.00. The highest BCUT2D eigenvalue weighted by Gasteiger charge is 2.38. The summed E-state index contributed by atoms with van der Waals surface area (Å²) in [6.45, 7) is 10.5. The molecule has 2 fully saturated rings. The number of rotatable bonds is 9. The summed E-state index contributed by atoms with van der Waals surface area (Å²) in [7, 11) is 1.72. The number of hydrogen-bond donors (Lipinski definition) is 1. The Morgan fingerprint density at radius 3 is 2.65 bits per heavy atom. The Labute approximate surface area is 124 Å². The topological polar surface area (TPSA) is 33.7 Å². The van der Waals surface area contributed by atoms with Crippen molar-refractivity contribution in [2.24, 2.45) is 11.8 Å². The molecule has 1 N–H and O–H groups in total. The van der Waals surface area contributed by atoms with E-state index in [0.29, 0.717) is 12.6 Å². The van der Waals surface area contributed by atoms with Gasteiger partial charge in [0, 0.05) is 45.4 Å². The molecule has 2 unspecified atom stereocenters. The molecule has 4 nitrogen and oxygen atoms in total. The van der Waals surface area contributed by atoms with Gasteiger partial charge in [0.1, 0.15) is 0 Å². The summed E-state index contributed by atoms with van der Waals surface area (Å²) >= 11 is 0. The van der Waals surface area contributed by atoms with E-state index < -0.39 is 0 Å². The minimum Gasteiger partial charge on any atom is -0.382 e. The van der Waals surface area contributed by atoms with Gasteiger partial charge in [-0.15, -0.1) is 0 Å². The monoisotopic (exact) mass is 284 g/mol. The fourth-order valence-electron chi connectivity index (χ4n) is 3.12. The SMILES string of the molecule is COCCOCCCN1CC(C(C)C)NCC1C1CC1. The van der Waals surface area contributed by atoms with Gasteiger partial charge in [0.05, 0.1) is 13.2 Å². The van der Waals surface area contributed by atoms with Crippen LogP contribution in [-0.2, 0) is 9.47 Å². The van der Waals surface area contributed by atoms with Gasteiger partial charge in [-0.25, -0.2) is 0 Å². The van der Waals surface area contributed by atoms with Crippen molar-refractivity contribution in [1.29, 1.82) is 0 Å². The van der Waals surface area contributed by atoms with Crippen LogP contribution in [0.5, 0.6) is 0 Å². The third-order valence-electron chi connectivity index (χ3n) is 4.63. The molecule has 1 saturated heterocycles. The molecule has 2 atom stereocenters. The van der Waals surface area contributed by atoms with Crippen LogP contribution in [0.4, 0.5) is 0 Å².